The molecule has 102 valence electrons. The SMILES string of the molecule is CCC(C#N)(CC)C(=O)NC1CCOC(C)(C)C1. The van der Waals surface area contributed by atoms with E-state index in [2.05, 4.69) is 11.4 Å². The number of carbonyl (C=O) groups excluding carboxylic acids is 1. The Bertz CT molecular complexity index is 340. The minimum absolute atomic E-state index is 0.118. The van der Waals surface area contributed by atoms with Gasteiger partial charge in [0, 0.05) is 12.6 Å². The van der Waals surface area contributed by atoms with Crippen molar-refractivity contribution in [2.24, 2.45) is 5.41 Å². The number of ether oxygens (including phenoxy) is 1. The fourth-order valence-electron chi connectivity index (χ4n) is 2.46. The standard InChI is InChI=1S/C14H24N2O2/c1-5-14(6-2,10-15)12(17)16-11-7-8-18-13(3,4)9-11/h11H,5-9H2,1-4H3,(H,16,17). The summed E-state index contributed by atoms with van der Waals surface area (Å²) in [4.78, 5) is 12.3. The van der Waals surface area contributed by atoms with Gasteiger partial charge in [-0.15, -0.1) is 0 Å². The molecule has 0 saturated carbocycles. The first-order valence-corrected chi connectivity index (χ1v) is 6.75. The van der Waals surface area contributed by atoms with Gasteiger partial charge in [-0.2, -0.15) is 5.26 Å². The summed E-state index contributed by atoms with van der Waals surface area (Å²) in [5, 5.41) is 12.3. The maximum absolute atomic E-state index is 12.3. The van der Waals surface area contributed by atoms with Gasteiger partial charge in [0.2, 0.25) is 5.91 Å². The molecule has 18 heavy (non-hydrogen) atoms. The van der Waals surface area contributed by atoms with E-state index in [4.69, 9.17) is 4.74 Å². The first-order valence-electron chi connectivity index (χ1n) is 6.75. The van der Waals surface area contributed by atoms with Crippen molar-refractivity contribution in [1.82, 2.24) is 5.32 Å². The molecule has 0 aliphatic carbocycles. The molecular weight excluding hydrogens is 228 g/mol. The van der Waals surface area contributed by atoms with E-state index in [9.17, 15) is 10.1 Å². The zero-order chi connectivity index (χ0) is 13.8. The average Bonchev–Trinajstić information content (AvgIpc) is 2.30. The second-order valence-electron chi connectivity index (χ2n) is 5.67. The van der Waals surface area contributed by atoms with Crippen LogP contribution >= 0.6 is 0 Å². The van der Waals surface area contributed by atoms with Crippen LogP contribution in [0.4, 0.5) is 0 Å². The summed E-state index contributed by atoms with van der Waals surface area (Å²) >= 11 is 0. The van der Waals surface area contributed by atoms with Crippen molar-refractivity contribution in [2.45, 2.75) is 65.0 Å². The normalized spacial score (nSPS) is 23.2. The Kier molecular flexibility index (Phi) is 4.75. The number of rotatable bonds is 4. The van der Waals surface area contributed by atoms with Gasteiger partial charge < -0.3 is 10.1 Å². The molecule has 1 heterocycles. The number of nitrogens with zero attached hydrogens (tertiary/aromatic N) is 1. The van der Waals surface area contributed by atoms with Crippen LogP contribution in [0.2, 0.25) is 0 Å². The summed E-state index contributed by atoms with van der Waals surface area (Å²) in [7, 11) is 0. The lowest BCUT2D eigenvalue weighted by Gasteiger charge is -2.37. The molecule has 1 aliphatic heterocycles. The first-order chi connectivity index (χ1) is 8.39. The van der Waals surface area contributed by atoms with Gasteiger partial charge >= 0.3 is 0 Å². The van der Waals surface area contributed by atoms with Gasteiger partial charge in [0.05, 0.1) is 11.7 Å². The number of carbonyl (C=O) groups is 1. The number of hydrogen-bond acceptors (Lipinski definition) is 3. The molecule has 1 aliphatic rings. The van der Waals surface area contributed by atoms with Crippen LogP contribution < -0.4 is 5.32 Å². The Morgan fingerprint density at radius 1 is 1.50 bits per heavy atom. The van der Waals surface area contributed by atoms with Gasteiger partial charge in [-0.1, -0.05) is 13.8 Å². The van der Waals surface area contributed by atoms with Crippen LogP contribution in [0.15, 0.2) is 0 Å². The monoisotopic (exact) mass is 252 g/mol. The van der Waals surface area contributed by atoms with E-state index in [1.807, 2.05) is 27.7 Å². The molecule has 0 aromatic heterocycles. The van der Waals surface area contributed by atoms with E-state index in [1.54, 1.807) is 0 Å². The van der Waals surface area contributed by atoms with Crippen LogP contribution in [0, 0.1) is 16.7 Å². The van der Waals surface area contributed by atoms with Crippen molar-refractivity contribution >= 4 is 5.91 Å². The molecule has 0 spiro atoms. The highest BCUT2D eigenvalue weighted by molar-refractivity contribution is 5.85. The Morgan fingerprint density at radius 3 is 2.56 bits per heavy atom. The predicted molar refractivity (Wildman–Crippen MR) is 69.8 cm³/mol. The Hall–Kier alpha value is -1.08. The minimum Gasteiger partial charge on any atom is -0.375 e. The highest BCUT2D eigenvalue weighted by atomic mass is 16.5. The van der Waals surface area contributed by atoms with E-state index in [0.717, 1.165) is 12.8 Å². The lowest BCUT2D eigenvalue weighted by molar-refractivity contribution is -0.131. The van der Waals surface area contributed by atoms with Crippen molar-refractivity contribution < 1.29 is 9.53 Å². The summed E-state index contributed by atoms with van der Waals surface area (Å²) in [5.41, 5.74) is -1.06. The average molecular weight is 252 g/mol. The number of nitriles is 1. The summed E-state index contributed by atoms with van der Waals surface area (Å²) in [6, 6.07) is 2.30. The number of hydrogen-bond donors (Lipinski definition) is 1. The second-order valence-corrected chi connectivity index (χ2v) is 5.67. The first kappa shape index (κ1) is 15.0. The van der Waals surface area contributed by atoms with E-state index in [0.29, 0.717) is 19.4 Å². The lowest BCUT2D eigenvalue weighted by atomic mass is 9.82. The third kappa shape index (κ3) is 3.23. The number of amides is 1. The van der Waals surface area contributed by atoms with Gasteiger partial charge in [0.25, 0.3) is 0 Å². The van der Waals surface area contributed by atoms with Gasteiger partial charge in [0.1, 0.15) is 5.41 Å². The number of nitrogens with one attached hydrogen (secondary N) is 1. The van der Waals surface area contributed by atoms with E-state index >= 15 is 0 Å². The zero-order valence-electron chi connectivity index (χ0n) is 11.9. The van der Waals surface area contributed by atoms with Crippen LogP contribution in [0.25, 0.3) is 0 Å². The maximum Gasteiger partial charge on any atom is 0.240 e. The van der Waals surface area contributed by atoms with Crippen molar-refractivity contribution in [3.8, 4) is 6.07 Å². The summed E-state index contributed by atoms with van der Waals surface area (Å²) < 4.78 is 5.63. The Balaban J connectivity index is 2.67. The quantitative estimate of drug-likeness (QED) is 0.835. The summed E-state index contributed by atoms with van der Waals surface area (Å²) in [6.07, 6.45) is 2.73. The molecule has 1 N–H and O–H groups in total. The maximum atomic E-state index is 12.3. The Labute approximate surface area is 110 Å². The molecule has 1 amide bonds. The van der Waals surface area contributed by atoms with Gasteiger partial charge in [0.15, 0.2) is 0 Å². The molecule has 1 fully saturated rings. The molecule has 4 heteroatoms. The molecule has 1 rings (SSSR count). The molecular formula is C14H24N2O2. The van der Waals surface area contributed by atoms with Crippen LogP contribution in [0.5, 0.6) is 0 Å². The molecule has 0 aromatic carbocycles. The summed E-state index contributed by atoms with van der Waals surface area (Å²) in [5.74, 6) is -0.127. The van der Waals surface area contributed by atoms with E-state index in [-0.39, 0.29) is 17.6 Å². The highest BCUT2D eigenvalue weighted by Gasteiger charge is 2.38. The fourth-order valence-corrected chi connectivity index (χ4v) is 2.46. The molecule has 1 saturated heterocycles. The highest BCUT2D eigenvalue weighted by Crippen LogP contribution is 2.28. The second kappa shape index (κ2) is 5.71. The van der Waals surface area contributed by atoms with Crippen molar-refractivity contribution in [3.05, 3.63) is 0 Å². The van der Waals surface area contributed by atoms with Crippen molar-refractivity contribution in [2.75, 3.05) is 6.61 Å². The third-order valence-electron chi connectivity index (χ3n) is 3.89. The van der Waals surface area contributed by atoms with Crippen molar-refractivity contribution in [3.63, 3.8) is 0 Å². The van der Waals surface area contributed by atoms with Crippen molar-refractivity contribution in [1.29, 1.82) is 5.26 Å². The topological polar surface area (TPSA) is 62.1 Å². The minimum atomic E-state index is -0.873. The lowest BCUT2D eigenvalue weighted by Crippen LogP contribution is -2.50. The van der Waals surface area contributed by atoms with Gasteiger partial charge in [-0.05, 0) is 39.5 Å². The van der Waals surface area contributed by atoms with Gasteiger partial charge in [-0.25, -0.2) is 0 Å². The third-order valence-corrected chi connectivity index (χ3v) is 3.89. The molecule has 0 radical (unpaired) electrons. The van der Waals surface area contributed by atoms with Gasteiger partial charge in [-0.3, -0.25) is 4.79 Å². The molecule has 4 nitrogen and oxygen atoms in total. The molecule has 1 atom stereocenters. The molecule has 1 unspecified atom stereocenters. The zero-order valence-corrected chi connectivity index (χ0v) is 11.9. The molecule has 0 aromatic rings. The van der Waals surface area contributed by atoms with E-state index < -0.39 is 5.41 Å². The largest absolute Gasteiger partial charge is 0.375 e. The van der Waals surface area contributed by atoms with Crippen LogP contribution in [0.3, 0.4) is 0 Å². The fraction of sp³-hybridized carbons (Fsp3) is 0.857. The molecule has 0 bridgehead atoms. The van der Waals surface area contributed by atoms with Crippen LogP contribution in [-0.4, -0.2) is 24.2 Å². The van der Waals surface area contributed by atoms with Crippen LogP contribution in [0.1, 0.15) is 53.4 Å². The van der Waals surface area contributed by atoms with Crippen LogP contribution in [-0.2, 0) is 9.53 Å². The predicted octanol–water partition coefficient (Wildman–Crippen LogP) is 2.39. The summed E-state index contributed by atoms with van der Waals surface area (Å²) in [6.45, 7) is 8.50. The smallest absolute Gasteiger partial charge is 0.240 e. The Morgan fingerprint density at radius 2 is 2.11 bits per heavy atom. The van der Waals surface area contributed by atoms with E-state index in [1.165, 1.54) is 0 Å².